The molecule has 124 valence electrons. The van der Waals surface area contributed by atoms with Crippen molar-refractivity contribution in [2.24, 2.45) is 0 Å². The average Bonchev–Trinajstić information content (AvgIpc) is 2.63. The van der Waals surface area contributed by atoms with Gasteiger partial charge in [-0.3, -0.25) is 4.79 Å². The lowest BCUT2D eigenvalue weighted by Gasteiger charge is -2.19. The van der Waals surface area contributed by atoms with E-state index in [1.165, 1.54) is 0 Å². The van der Waals surface area contributed by atoms with E-state index in [1.54, 1.807) is 45.6 Å². The van der Waals surface area contributed by atoms with Gasteiger partial charge < -0.3 is 18.9 Å². The Bertz CT molecular complexity index is 807. The number of fused-ring (bicyclic) bond motifs is 1. The van der Waals surface area contributed by atoms with Gasteiger partial charge in [-0.2, -0.15) is 0 Å². The predicted molar refractivity (Wildman–Crippen MR) is 90.3 cm³/mol. The summed E-state index contributed by atoms with van der Waals surface area (Å²) in [6.45, 7) is 0.216. The molecule has 0 bridgehead atoms. The first kappa shape index (κ1) is 15.9. The van der Waals surface area contributed by atoms with Crippen LogP contribution in [0.4, 0.5) is 0 Å². The maximum absolute atomic E-state index is 12.7. The van der Waals surface area contributed by atoms with E-state index in [4.69, 9.17) is 18.9 Å². The second-order valence-corrected chi connectivity index (χ2v) is 5.21. The van der Waals surface area contributed by atoms with Gasteiger partial charge in [0, 0.05) is 11.1 Å². The standard InChI is InChI=1S/C19H18O5/c1-21-16-9-8-12(18(22-2)19(16)23-3)10-13-11-24-15-7-5-4-6-14(15)17(13)20/h4-10H,11H2,1-3H3/b13-10+. The van der Waals surface area contributed by atoms with Gasteiger partial charge in [-0.25, -0.2) is 0 Å². The Morgan fingerprint density at radius 3 is 2.42 bits per heavy atom. The first-order chi connectivity index (χ1) is 11.7. The molecular formula is C19H18O5. The molecule has 1 aliphatic rings. The summed E-state index contributed by atoms with van der Waals surface area (Å²) in [7, 11) is 4.65. The van der Waals surface area contributed by atoms with Crippen LogP contribution in [0.3, 0.4) is 0 Å². The lowest BCUT2D eigenvalue weighted by atomic mass is 9.98. The minimum Gasteiger partial charge on any atom is -0.493 e. The molecule has 2 aromatic carbocycles. The smallest absolute Gasteiger partial charge is 0.203 e. The summed E-state index contributed by atoms with van der Waals surface area (Å²) in [5, 5.41) is 0. The Morgan fingerprint density at radius 2 is 1.71 bits per heavy atom. The van der Waals surface area contributed by atoms with E-state index in [2.05, 4.69) is 0 Å². The molecule has 0 N–H and O–H groups in total. The molecule has 0 aromatic heterocycles. The molecular weight excluding hydrogens is 308 g/mol. The number of benzene rings is 2. The van der Waals surface area contributed by atoms with Crippen molar-refractivity contribution in [2.45, 2.75) is 0 Å². The van der Waals surface area contributed by atoms with Gasteiger partial charge in [0.25, 0.3) is 0 Å². The van der Waals surface area contributed by atoms with Crippen molar-refractivity contribution in [1.82, 2.24) is 0 Å². The molecule has 5 nitrogen and oxygen atoms in total. The molecule has 0 fully saturated rings. The Morgan fingerprint density at radius 1 is 0.958 bits per heavy atom. The summed E-state index contributed by atoms with van der Waals surface area (Å²) in [6, 6.07) is 10.8. The number of para-hydroxylation sites is 1. The van der Waals surface area contributed by atoms with Crippen molar-refractivity contribution in [3.63, 3.8) is 0 Å². The van der Waals surface area contributed by atoms with E-state index in [1.807, 2.05) is 18.2 Å². The fraction of sp³-hybridized carbons (Fsp3) is 0.211. The first-order valence-electron chi connectivity index (χ1n) is 7.45. The molecule has 0 atom stereocenters. The minimum absolute atomic E-state index is 0.0475. The fourth-order valence-corrected chi connectivity index (χ4v) is 2.71. The molecule has 1 heterocycles. The van der Waals surface area contributed by atoms with Crippen molar-refractivity contribution in [3.05, 3.63) is 53.1 Å². The molecule has 0 spiro atoms. The van der Waals surface area contributed by atoms with Crippen LogP contribution in [0, 0.1) is 0 Å². The molecule has 0 aliphatic carbocycles. The fourth-order valence-electron chi connectivity index (χ4n) is 2.71. The van der Waals surface area contributed by atoms with Crippen molar-refractivity contribution in [2.75, 3.05) is 27.9 Å². The Labute approximate surface area is 140 Å². The third kappa shape index (κ3) is 2.69. The van der Waals surface area contributed by atoms with Crippen LogP contribution in [-0.4, -0.2) is 33.7 Å². The summed E-state index contributed by atoms with van der Waals surface area (Å²) in [5.41, 5.74) is 1.84. The second-order valence-electron chi connectivity index (χ2n) is 5.21. The van der Waals surface area contributed by atoms with Crippen LogP contribution in [-0.2, 0) is 0 Å². The lowest BCUT2D eigenvalue weighted by Crippen LogP contribution is -2.18. The van der Waals surface area contributed by atoms with E-state index in [0.29, 0.717) is 34.1 Å². The van der Waals surface area contributed by atoms with Crippen LogP contribution in [0.1, 0.15) is 15.9 Å². The van der Waals surface area contributed by atoms with Crippen LogP contribution in [0.15, 0.2) is 42.0 Å². The third-order valence-corrected chi connectivity index (χ3v) is 3.87. The number of carbonyl (C=O) groups is 1. The molecule has 0 unspecified atom stereocenters. The summed E-state index contributed by atoms with van der Waals surface area (Å²) in [6.07, 6.45) is 1.76. The lowest BCUT2D eigenvalue weighted by molar-refractivity contribution is 0.100. The number of ether oxygens (including phenoxy) is 4. The SMILES string of the molecule is COc1ccc(/C=C2\COc3ccccc3C2=O)c(OC)c1OC. The van der Waals surface area contributed by atoms with Gasteiger partial charge in [0.2, 0.25) is 5.75 Å². The van der Waals surface area contributed by atoms with Crippen LogP contribution >= 0.6 is 0 Å². The summed E-state index contributed by atoms with van der Waals surface area (Å²) in [4.78, 5) is 12.7. The van der Waals surface area contributed by atoms with Crippen molar-refractivity contribution < 1.29 is 23.7 Å². The topological polar surface area (TPSA) is 54.0 Å². The summed E-state index contributed by atoms with van der Waals surface area (Å²) < 4.78 is 21.8. The first-order valence-corrected chi connectivity index (χ1v) is 7.45. The number of ketones is 1. The maximum atomic E-state index is 12.7. The Kier molecular flexibility index (Phi) is 4.42. The highest BCUT2D eigenvalue weighted by Crippen LogP contribution is 2.41. The van der Waals surface area contributed by atoms with E-state index in [-0.39, 0.29) is 12.4 Å². The van der Waals surface area contributed by atoms with Gasteiger partial charge in [0.1, 0.15) is 12.4 Å². The van der Waals surface area contributed by atoms with Crippen LogP contribution in [0.2, 0.25) is 0 Å². The van der Waals surface area contributed by atoms with Crippen molar-refractivity contribution >= 4 is 11.9 Å². The zero-order valence-corrected chi connectivity index (χ0v) is 13.8. The quantitative estimate of drug-likeness (QED) is 0.806. The number of Topliss-reactive ketones (excluding diaryl/α,β-unsaturated/α-hetero) is 1. The van der Waals surface area contributed by atoms with Crippen LogP contribution in [0.25, 0.3) is 6.08 Å². The Hall–Kier alpha value is -2.95. The monoisotopic (exact) mass is 326 g/mol. The van der Waals surface area contributed by atoms with Crippen molar-refractivity contribution in [3.8, 4) is 23.0 Å². The van der Waals surface area contributed by atoms with Gasteiger partial charge >= 0.3 is 0 Å². The summed E-state index contributed by atoms with van der Waals surface area (Å²) >= 11 is 0. The van der Waals surface area contributed by atoms with Crippen LogP contribution < -0.4 is 18.9 Å². The Balaban J connectivity index is 2.05. The zero-order chi connectivity index (χ0) is 17.1. The van der Waals surface area contributed by atoms with Crippen molar-refractivity contribution in [1.29, 1.82) is 0 Å². The minimum atomic E-state index is -0.0475. The molecule has 0 saturated heterocycles. The highest BCUT2D eigenvalue weighted by atomic mass is 16.5. The molecule has 0 amide bonds. The second kappa shape index (κ2) is 6.66. The number of rotatable bonds is 4. The van der Waals surface area contributed by atoms with E-state index in [9.17, 15) is 4.79 Å². The van der Waals surface area contributed by atoms with Crippen LogP contribution in [0.5, 0.6) is 23.0 Å². The van der Waals surface area contributed by atoms with Gasteiger partial charge in [0.15, 0.2) is 17.3 Å². The van der Waals surface area contributed by atoms with Gasteiger partial charge in [0.05, 0.1) is 26.9 Å². The summed E-state index contributed by atoms with van der Waals surface area (Å²) in [5.74, 6) is 2.12. The number of hydrogen-bond donors (Lipinski definition) is 0. The largest absolute Gasteiger partial charge is 0.493 e. The number of hydrogen-bond acceptors (Lipinski definition) is 5. The average molecular weight is 326 g/mol. The van der Waals surface area contributed by atoms with Gasteiger partial charge in [-0.1, -0.05) is 12.1 Å². The molecule has 24 heavy (non-hydrogen) atoms. The molecule has 0 saturated carbocycles. The highest BCUT2D eigenvalue weighted by Gasteiger charge is 2.24. The molecule has 0 radical (unpaired) electrons. The highest BCUT2D eigenvalue weighted by molar-refractivity contribution is 6.14. The predicted octanol–water partition coefficient (Wildman–Crippen LogP) is 3.37. The zero-order valence-electron chi connectivity index (χ0n) is 13.8. The number of carbonyl (C=O) groups excluding carboxylic acids is 1. The number of methoxy groups -OCH3 is 3. The normalized spacial score (nSPS) is 14.8. The van der Waals surface area contributed by atoms with Gasteiger partial charge in [-0.05, 0) is 30.3 Å². The molecule has 5 heteroatoms. The van der Waals surface area contributed by atoms with E-state index in [0.717, 1.165) is 5.56 Å². The third-order valence-electron chi connectivity index (χ3n) is 3.87. The van der Waals surface area contributed by atoms with Gasteiger partial charge in [-0.15, -0.1) is 0 Å². The molecule has 1 aliphatic heterocycles. The molecule has 3 rings (SSSR count). The molecule has 2 aromatic rings. The van der Waals surface area contributed by atoms with E-state index >= 15 is 0 Å². The van der Waals surface area contributed by atoms with E-state index < -0.39 is 0 Å². The maximum Gasteiger partial charge on any atom is 0.203 e.